The normalized spacial score (nSPS) is 24.6. The number of aromatic amines is 1. The highest BCUT2D eigenvalue weighted by Gasteiger charge is 2.68. The van der Waals surface area contributed by atoms with E-state index in [-0.39, 0.29) is 11.2 Å². The number of carbonyl (C=O) groups is 2. The maximum Gasteiger partial charge on any atom is 0.420 e. The Labute approximate surface area is 164 Å². The molecule has 3 aliphatic rings. The van der Waals surface area contributed by atoms with Gasteiger partial charge in [0.25, 0.3) is 0 Å². The number of ketones is 1. The summed E-state index contributed by atoms with van der Waals surface area (Å²) in [4.78, 5) is 32.5. The summed E-state index contributed by atoms with van der Waals surface area (Å²) in [5.41, 5.74) is 8.74. The first-order valence-electron chi connectivity index (χ1n) is 9.21. The van der Waals surface area contributed by atoms with Crippen molar-refractivity contribution in [3.63, 3.8) is 0 Å². The minimum atomic E-state index is -0.457. The fraction of sp³-hybridized carbons (Fsp3) is 0.238. The Balaban J connectivity index is 1.32. The number of aromatic nitrogens is 1. The third kappa shape index (κ3) is 1.97. The number of allylic oxidation sites excluding steroid dienone is 2. The number of fused-ring (bicyclic) bond motifs is 2. The van der Waals surface area contributed by atoms with Crippen LogP contribution in [0.5, 0.6) is 5.88 Å². The Morgan fingerprint density at radius 2 is 2.21 bits per heavy atom. The van der Waals surface area contributed by atoms with E-state index < -0.39 is 6.09 Å². The minimum Gasteiger partial charge on any atom is -0.399 e. The van der Waals surface area contributed by atoms with Crippen LogP contribution in [0, 0.1) is 12.8 Å². The molecule has 7 heteroatoms. The molecule has 1 spiro atoms. The molecule has 2 fully saturated rings. The Hall–Kier alpha value is -3.06. The molecule has 1 amide bonds. The van der Waals surface area contributed by atoms with Gasteiger partial charge in [-0.15, -0.1) is 11.3 Å². The minimum absolute atomic E-state index is 0.0218. The number of anilines is 1. The van der Waals surface area contributed by atoms with Crippen LogP contribution in [-0.2, 0) is 5.41 Å². The number of piperidine rings is 1. The van der Waals surface area contributed by atoms with Gasteiger partial charge in [-0.1, -0.05) is 0 Å². The van der Waals surface area contributed by atoms with E-state index in [0.717, 1.165) is 38.3 Å². The van der Waals surface area contributed by atoms with Crippen molar-refractivity contribution in [3.05, 3.63) is 57.4 Å². The summed E-state index contributed by atoms with van der Waals surface area (Å²) in [5.74, 6) is 0.709. The summed E-state index contributed by atoms with van der Waals surface area (Å²) in [6, 6.07) is 9.20. The van der Waals surface area contributed by atoms with Gasteiger partial charge in [0.05, 0.1) is 5.41 Å². The number of aryl methyl sites for hydroxylation is 1. The van der Waals surface area contributed by atoms with Gasteiger partial charge in [0.15, 0.2) is 5.78 Å². The number of hydrogen-bond donors (Lipinski definition) is 2. The zero-order valence-corrected chi connectivity index (χ0v) is 15.9. The highest BCUT2D eigenvalue weighted by atomic mass is 32.1. The van der Waals surface area contributed by atoms with Crippen LogP contribution in [0.15, 0.2) is 42.1 Å². The highest BCUT2D eigenvalue weighted by Crippen LogP contribution is 2.67. The summed E-state index contributed by atoms with van der Waals surface area (Å²) < 4.78 is 5.61. The first-order valence-corrected chi connectivity index (χ1v) is 10.0. The van der Waals surface area contributed by atoms with E-state index in [1.807, 2.05) is 25.1 Å². The number of hydrogen-bond acceptors (Lipinski definition) is 5. The molecule has 1 aromatic carbocycles. The third-order valence-corrected chi connectivity index (χ3v) is 7.32. The number of nitrogen functional groups attached to an aromatic ring is 1. The summed E-state index contributed by atoms with van der Waals surface area (Å²) in [7, 11) is 0. The molecular formula is C21H17N3O3S. The lowest BCUT2D eigenvalue weighted by molar-refractivity contribution is 0.103. The van der Waals surface area contributed by atoms with Crippen LogP contribution in [0.2, 0.25) is 0 Å². The smallest absolute Gasteiger partial charge is 0.399 e. The van der Waals surface area contributed by atoms with Gasteiger partial charge >= 0.3 is 6.09 Å². The fourth-order valence-corrected chi connectivity index (χ4v) is 6.06. The maximum atomic E-state index is 12.9. The zero-order valence-electron chi connectivity index (χ0n) is 15.1. The molecule has 6 rings (SSSR count). The summed E-state index contributed by atoms with van der Waals surface area (Å²) in [6.07, 6.45) is 2.17. The van der Waals surface area contributed by atoms with Crippen LogP contribution in [0.3, 0.4) is 0 Å². The monoisotopic (exact) mass is 391 g/mol. The molecule has 2 aromatic heterocycles. The first-order chi connectivity index (χ1) is 13.5. The lowest BCUT2D eigenvalue weighted by atomic mass is 9.88. The molecule has 140 valence electrons. The van der Waals surface area contributed by atoms with Crippen LogP contribution in [-0.4, -0.2) is 28.3 Å². The number of amides is 1. The summed E-state index contributed by atoms with van der Waals surface area (Å²) in [6.45, 7) is 2.61. The van der Waals surface area contributed by atoms with Crippen molar-refractivity contribution < 1.29 is 14.3 Å². The number of likely N-dealkylation sites (tertiary alicyclic amines) is 1. The predicted octanol–water partition coefficient (Wildman–Crippen LogP) is 3.97. The van der Waals surface area contributed by atoms with Crippen LogP contribution in [0.4, 0.5) is 10.5 Å². The number of benzene rings is 1. The van der Waals surface area contributed by atoms with Gasteiger partial charge < -0.3 is 15.5 Å². The molecule has 1 saturated carbocycles. The molecule has 3 heterocycles. The SMILES string of the molecule is Cc1cc2c(s1)C13CC1CN(C(=O)Oc1cc4cc(N)ccc4[nH]1)C3=CC2=O. The van der Waals surface area contributed by atoms with Crippen LogP contribution in [0.1, 0.15) is 26.5 Å². The van der Waals surface area contributed by atoms with E-state index >= 15 is 0 Å². The number of rotatable bonds is 1. The van der Waals surface area contributed by atoms with Crippen molar-refractivity contribution in [3.8, 4) is 5.88 Å². The Morgan fingerprint density at radius 3 is 3.07 bits per heavy atom. The molecule has 0 bridgehead atoms. The van der Waals surface area contributed by atoms with Crippen molar-refractivity contribution in [2.24, 2.45) is 5.92 Å². The second kappa shape index (κ2) is 5.05. The first kappa shape index (κ1) is 15.9. The van der Waals surface area contributed by atoms with Crippen LogP contribution in [0.25, 0.3) is 10.9 Å². The molecular weight excluding hydrogens is 374 g/mol. The Morgan fingerprint density at radius 1 is 1.36 bits per heavy atom. The molecule has 28 heavy (non-hydrogen) atoms. The molecule has 2 aliphatic carbocycles. The van der Waals surface area contributed by atoms with E-state index in [2.05, 4.69) is 4.98 Å². The molecule has 3 aromatic rings. The average Bonchev–Trinajstić information content (AvgIpc) is 2.94. The number of nitrogens with two attached hydrogens (primary N) is 1. The fourth-order valence-electron chi connectivity index (χ4n) is 4.76. The zero-order chi connectivity index (χ0) is 19.2. The molecule has 1 saturated heterocycles. The van der Waals surface area contributed by atoms with Gasteiger partial charge in [-0.25, -0.2) is 4.79 Å². The van der Waals surface area contributed by atoms with Crippen LogP contribution < -0.4 is 10.5 Å². The van der Waals surface area contributed by atoms with Crippen molar-refractivity contribution >= 4 is 39.8 Å². The number of carbonyl (C=O) groups excluding carboxylic acids is 2. The van der Waals surface area contributed by atoms with Crippen molar-refractivity contribution in [1.29, 1.82) is 0 Å². The molecule has 1 aliphatic heterocycles. The lowest BCUT2D eigenvalue weighted by Gasteiger charge is -2.26. The maximum absolute atomic E-state index is 12.9. The number of nitrogens with zero attached hydrogens (tertiary/aromatic N) is 1. The topological polar surface area (TPSA) is 88.4 Å². The van der Waals surface area contributed by atoms with E-state index in [0.29, 0.717) is 24.0 Å². The van der Waals surface area contributed by atoms with Gasteiger partial charge in [-0.3, -0.25) is 9.69 Å². The van der Waals surface area contributed by atoms with E-state index in [1.165, 1.54) is 0 Å². The molecule has 2 atom stereocenters. The Kier molecular flexibility index (Phi) is 2.88. The molecule has 6 nitrogen and oxygen atoms in total. The standard InChI is InChI=1S/C21H17N3O3S/c1-10-4-14-16(25)7-17-21(19(14)28-10)8-12(21)9-24(17)20(26)27-18-6-11-5-13(22)2-3-15(11)23-18/h2-7,12,23H,8-9,22H2,1H3. The summed E-state index contributed by atoms with van der Waals surface area (Å²) >= 11 is 1.67. The summed E-state index contributed by atoms with van der Waals surface area (Å²) in [5, 5.41) is 0.884. The van der Waals surface area contributed by atoms with Gasteiger partial charge in [-0.2, -0.15) is 0 Å². The quantitative estimate of drug-likeness (QED) is 0.614. The number of thiophene rings is 1. The molecule has 3 N–H and O–H groups in total. The van der Waals surface area contributed by atoms with Gasteiger partial charge in [0.1, 0.15) is 0 Å². The third-order valence-electron chi connectivity index (χ3n) is 6.09. The van der Waals surface area contributed by atoms with Crippen molar-refractivity contribution in [1.82, 2.24) is 9.88 Å². The molecule has 0 radical (unpaired) electrons. The largest absolute Gasteiger partial charge is 0.420 e. The number of H-pyrrole nitrogens is 1. The van der Waals surface area contributed by atoms with Gasteiger partial charge in [-0.05, 0) is 43.5 Å². The second-order valence-electron chi connectivity index (χ2n) is 7.82. The van der Waals surface area contributed by atoms with E-state index in [9.17, 15) is 9.59 Å². The molecule has 2 unspecified atom stereocenters. The number of ether oxygens (including phenoxy) is 1. The van der Waals surface area contributed by atoms with E-state index in [1.54, 1.807) is 34.4 Å². The van der Waals surface area contributed by atoms with Crippen molar-refractivity contribution in [2.75, 3.05) is 12.3 Å². The number of nitrogens with one attached hydrogen (secondary N) is 1. The predicted molar refractivity (Wildman–Crippen MR) is 107 cm³/mol. The lowest BCUT2D eigenvalue weighted by Crippen LogP contribution is -2.35. The van der Waals surface area contributed by atoms with Gasteiger partial charge in [0, 0.05) is 56.3 Å². The van der Waals surface area contributed by atoms with Crippen LogP contribution >= 0.6 is 11.3 Å². The highest BCUT2D eigenvalue weighted by molar-refractivity contribution is 7.12. The van der Waals surface area contributed by atoms with E-state index in [4.69, 9.17) is 10.5 Å². The van der Waals surface area contributed by atoms with Gasteiger partial charge in [0.2, 0.25) is 5.88 Å². The average molecular weight is 391 g/mol. The Bertz CT molecular complexity index is 1240. The second-order valence-corrected chi connectivity index (χ2v) is 9.08. The van der Waals surface area contributed by atoms with Crippen molar-refractivity contribution in [2.45, 2.75) is 18.8 Å².